The third kappa shape index (κ3) is 2.21. The van der Waals surface area contributed by atoms with Crippen molar-refractivity contribution in [3.05, 3.63) is 29.1 Å². The maximum Gasteiger partial charge on any atom is 0.240 e. The molecule has 2 aromatic rings. The minimum Gasteiger partial charge on any atom is -0.497 e. The number of rotatable bonds is 2. The second kappa shape index (κ2) is 4.66. The van der Waals surface area contributed by atoms with Crippen LogP contribution in [0, 0.1) is 5.92 Å². The summed E-state index contributed by atoms with van der Waals surface area (Å²) in [6.45, 7) is 2.03. The zero-order chi connectivity index (χ0) is 13.4. The summed E-state index contributed by atoms with van der Waals surface area (Å²) in [5.74, 6) is 0.996. The number of carbonyl (C=O) groups excluding carboxylic acids is 1. The molecule has 3 rings (SSSR count). The van der Waals surface area contributed by atoms with E-state index in [0.29, 0.717) is 6.42 Å². The second-order valence-corrected chi connectivity index (χ2v) is 5.74. The molecule has 1 aliphatic rings. The number of hydrazone groups is 1. The highest BCUT2D eigenvalue weighted by Crippen LogP contribution is 2.31. The second-order valence-electron chi connectivity index (χ2n) is 4.65. The summed E-state index contributed by atoms with van der Waals surface area (Å²) in [6.07, 6.45) is 0.496. The Morgan fingerprint density at radius 2 is 2.26 bits per heavy atom. The van der Waals surface area contributed by atoms with Crippen LogP contribution in [0.4, 0.5) is 0 Å². The van der Waals surface area contributed by atoms with Gasteiger partial charge in [0.15, 0.2) is 0 Å². The van der Waals surface area contributed by atoms with Gasteiger partial charge in [-0.25, -0.2) is 5.43 Å². The molecule has 1 unspecified atom stereocenters. The molecular formula is C14H14N2O2S. The van der Waals surface area contributed by atoms with Gasteiger partial charge in [0.25, 0.3) is 0 Å². The van der Waals surface area contributed by atoms with Crippen LogP contribution in [0.1, 0.15) is 18.2 Å². The number of fused-ring (bicyclic) bond motifs is 1. The first-order valence-corrected chi connectivity index (χ1v) is 6.93. The molecule has 4 nitrogen and oxygen atoms in total. The first-order valence-electron chi connectivity index (χ1n) is 6.12. The van der Waals surface area contributed by atoms with Crippen molar-refractivity contribution in [3.8, 4) is 5.75 Å². The fourth-order valence-corrected chi connectivity index (χ4v) is 3.41. The summed E-state index contributed by atoms with van der Waals surface area (Å²) in [6, 6.07) is 8.13. The summed E-state index contributed by atoms with van der Waals surface area (Å²) >= 11 is 1.68. The van der Waals surface area contributed by atoms with E-state index in [4.69, 9.17) is 4.74 Å². The van der Waals surface area contributed by atoms with Crippen LogP contribution >= 0.6 is 11.3 Å². The zero-order valence-electron chi connectivity index (χ0n) is 10.8. The number of methoxy groups -OCH3 is 1. The number of benzene rings is 1. The van der Waals surface area contributed by atoms with Gasteiger partial charge < -0.3 is 4.74 Å². The Balaban J connectivity index is 2.03. The van der Waals surface area contributed by atoms with E-state index in [-0.39, 0.29) is 11.8 Å². The maximum atomic E-state index is 11.3. The molecule has 0 aliphatic carbocycles. The number of nitrogens with one attached hydrogen (secondary N) is 1. The number of thiophene rings is 1. The molecule has 1 aromatic carbocycles. The van der Waals surface area contributed by atoms with Crippen molar-refractivity contribution in [3.63, 3.8) is 0 Å². The van der Waals surface area contributed by atoms with Crippen LogP contribution in [0.2, 0.25) is 0 Å². The van der Waals surface area contributed by atoms with Gasteiger partial charge in [0.05, 0.1) is 17.7 Å². The highest BCUT2D eigenvalue weighted by atomic mass is 32.1. The summed E-state index contributed by atoms with van der Waals surface area (Å²) in [5.41, 5.74) is 3.52. The van der Waals surface area contributed by atoms with Crippen LogP contribution in [0.15, 0.2) is 29.4 Å². The Morgan fingerprint density at radius 1 is 1.42 bits per heavy atom. The molecule has 2 heterocycles. The van der Waals surface area contributed by atoms with Gasteiger partial charge in [0.1, 0.15) is 5.75 Å². The van der Waals surface area contributed by atoms with E-state index in [1.165, 1.54) is 10.1 Å². The smallest absolute Gasteiger partial charge is 0.240 e. The highest BCUT2D eigenvalue weighted by Gasteiger charge is 2.23. The topological polar surface area (TPSA) is 50.7 Å². The van der Waals surface area contributed by atoms with Crippen LogP contribution in [0.25, 0.3) is 10.1 Å². The summed E-state index contributed by atoms with van der Waals surface area (Å²) in [4.78, 5) is 12.4. The van der Waals surface area contributed by atoms with E-state index in [0.717, 1.165) is 16.3 Å². The number of carbonyl (C=O) groups is 1. The van der Waals surface area contributed by atoms with Crippen molar-refractivity contribution in [1.29, 1.82) is 0 Å². The van der Waals surface area contributed by atoms with Gasteiger partial charge in [-0.3, -0.25) is 4.79 Å². The molecule has 0 radical (unpaired) electrons. The fourth-order valence-electron chi connectivity index (χ4n) is 2.22. The van der Waals surface area contributed by atoms with Crippen molar-refractivity contribution in [2.75, 3.05) is 7.11 Å². The normalized spacial score (nSPS) is 19.2. The molecule has 19 heavy (non-hydrogen) atoms. The van der Waals surface area contributed by atoms with Gasteiger partial charge in [-0.15, -0.1) is 11.3 Å². The number of amides is 1. The number of nitrogens with zero attached hydrogens (tertiary/aromatic N) is 1. The maximum absolute atomic E-state index is 11.3. The van der Waals surface area contributed by atoms with Crippen molar-refractivity contribution < 1.29 is 9.53 Å². The van der Waals surface area contributed by atoms with Crippen molar-refractivity contribution in [2.45, 2.75) is 13.3 Å². The van der Waals surface area contributed by atoms with Gasteiger partial charge in [0, 0.05) is 17.0 Å². The summed E-state index contributed by atoms with van der Waals surface area (Å²) < 4.78 is 6.40. The van der Waals surface area contributed by atoms with E-state index in [2.05, 4.69) is 16.6 Å². The SMILES string of the molecule is COc1ccc2cc(C3=NNC(=O)CC3C)sc2c1. The largest absolute Gasteiger partial charge is 0.497 e. The number of ether oxygens (including phenoxy) is 1. The molecule has 5 heteroatoms. The summed E-state index contributed by atoms with van der Waals surface area (Å²) in [5, 5.41) is 5.37. The Morgan fingerprint density at radius 3 is 3.00 bits per heavy atom. The van der Waals surface area contributed by atoms with Gasteiger partial charge in [0.2, 0.25) is 5.91 Å². The van der Waals surface area contributed by atoms with Crippen molar-refractivity contribution in [1.82, 2.24) is 5.43 Å². The Labute approximate surface area is 115 Å². The monoisotopic (exact) mass is 274 g/mol. The highest BCUT2D eigenvalue weighted by molar-refractivity contribution is 7.21. The van der Waals surface area contributed by atoms with E-state index in [1.54, 1.807) is 18.4 Å². The van der Waals surface area contributed by atoms with E-state index in [9.17, 15) is 4.79 Å². The van der Waals surface area contributed by atoms with Gasteiger partial charge in [-0.2, -0.15) is 5.10 Å². The molecule has 0 saturated heterocycles. The minimum atomic E-state index is -0.0148. The van der Waals surface area contributed by atoms with E-state index >= 15 is 0 Å². The van der Waals surface area contributed by atoms with Crippen LogP contribution < -0.4 is 10.2 Å². The Hall–Kier alpha value is -1.88. The van der Waals surface area contributed by atoms with Crippen LogP contribution in [-0.2, 0) is 4.79 Å². The lowest BCUT2D eigenvalue weighted by molar-refractivity contribution is -0.121. The van der Waals surface area contributed by atoms with Crippen LogP contribution in [0.5, 0.6) is 5.75 Å². The van der Waals surface area contributed by atoms with Crippen molar-refractivity contribution >= 4 is 33.0 Å². The van der Waals surface area contributed by atoms with E-state index in [1.807, 2.05) is 25.1 Å². The average Bonchev–Trinajstić information content (AvgIpc) is 2.80. The summed E-state index contributed by atoms with van der Waals surface area (Å²) in [7, 11) is 1.67. The van der Waals surface area contributed by atoms with Crippen LogP contribution in [-0.4, -0.2) is 18.7 Å². The van der Waals surface area contributed by atoms with Gasteiger partial charge in [-0.1, -0.05) is 6.92 Å². The van der Waals surface area contributed by atoms with Gasteiger partial charge >= 0.3 is 0 Å². The number of hydrogen-bond donors (Lipinski definition) is 1. The molecule has 1 N–H and O–H groups in total. The average molecular weight is 274 g/mol. The zero-order valence-corrected chi connectivity index (χ0v) is 11.6. The molecule has 0 spiro atoms. The third-order valence-electron chi connectivity index (χ3n) is 3.24. The lowest BCUT2D eigenvalue weighted by atomic mass is 9.99. The van der Waals surface area contributed by atoms with Crippen molar-refractivity contribution in [2.24, 2.45) is 11.0 Å². The minimum absolute atomic E-state index is 0.0148. The molecule has 1 aliphatic heterocycles. The molecule has 0 bridgehead atoms. The molecule has 1 atom stereocenters. The third-order valence-corrected chi connectivity index (χ3v) is 4.36. The quantitative estimate of drug-likeness (QED) is 0.915. The predicted octanol–water partition coefficient (Wildman–Crippen LogP) is 2.77. The van der Waals surface area contributed by atoms with Crippen LogP contribution in [0.3, 0.4) is 0 Å². The first kappa shape index (κ1) is 12.2. The lowest BCUT2D eigenvalue weighted by Gasteiger charge is -2.17. The van der Waals surface area contributed by atoms with E-state index < -0.39 is 0 Å². The Kier molecular flexibility index (Phi) is 2.98. The molecule has 1 amide bonds. The standard InChI is InChI=1S/C14H14N2O2S/c1-8-5-13(17)15-16-14(8)12-6-9-3-4-10(18-2)7-11(9)19-12/h3-4,6-8H,5H2,1-2H3,(H,15,17). The molecular weight excluding hydrogens is 260 g/mol. The molecule has 0 fully saturated rings. The predicted molar refractivity (Wildman–Crippen MR) is 76.8 cm³/mol. The first-order chi connectivity index (χ1) is 9.17. The fraction of sp³-hybridized carbons (Fsp3) is 0.286. The van der Waals surface area contributed by atoms with Gasteiger partial charge in [-0.05, 0) is 29.7 Å². The Bertz CT molecular complexity index is 675. The number of hydrogen-bond acceptors (Lipinski definition) is 4. The lowest BCUT2D eigenvalue weighted by Crippen LogP contribution is -2.31. The molecule has 1 aromatic heterocycles. The molecule has 0 saturated carbocycles. The molecule has 98 valence electrons.